The van der Waals surface area contributed by atoms with Crippen LogP contribution in [-0.2, 0) is 4.79 Å². The number of non-ortho nitro benzene ring substituents is 1. The molecule has 0 unspecified atom stereocenters. The molecular weight excluding hydrogens is 226 g/mol. The summed E-state index contributed by atoms with van der Waals surface area (Å²) < 4.78 is 0. The maximum absolute atomic E-state index is 10.8. The second-order valence-corrected chi connectivity index (χ2v) is 3.31. The van der Waals surface area contributed by atoms with Crippen LogP contribution in [0.1, 0.15) is 21.5 Å². The van der Waals surface area contributed by atoms with Crippen LogP contribution in [0.2, 0.25) is 0 Å². The number of carboxylic acids is 1. The molecule has 0 aliphatic heterocycles. The van der Waals surface area contributed by atoms with Gasteiger partial charge < -0.3 is 5.11 Å². The van der Waals surface area contributed by atoms with E-state index in [0.717, 1.165) is 12.1 Å². The molecule has 1 aromatic carbocycles. The molecule has 17 heavy (non-hydrogen) atoms. The molecular formula is C11H9NO5. The SMILES string of the molecule is Cc1cc([N+](=O)[O-])cc(C=O)c1/C=C/C(=O)O. The van der Waals surface area contributed by atoms with Crippen LogP contribution in [0.15, 0.2) is 18.2 Å². The fourth-order valence-electron chi connectivity index (χ4n) is 1.39. The molecule has 0 atom stereocenters. The van der Waals surface area contributed by atoms with Crippen LogP contribution in [0.3, 0.4) is 0 Å². The summed E-state index contributed by atoms with van der Waals surface area (Å²) in [6.07, 6.45) is 2.58. The Balaban J connectivity index is 3.35. The van der Waals surface area contributed by atoms with E-state index >= 15 is 0 Å². The number of nitro benzene ring substituents is 1. The highest BCUT2D eigenvalue weighted by Gasteiger charge is 2.12. The number of hydrogen-bond acceptors (Lipinski definition) is 4. The Labute approximate surface area is 96.3 Å². The van der Waals surface area contributed by atoms with Gasteiger partial charge in [-0.1, -0.05) is 0 Å². The summed E-state index contributed by atoms with van der Waals surface area (Å²) in [7, 11) is 0. The molecule has 1 rings (SSSR count). The number of hydrogen-bond donors (Lipinski definition) is 1. The number of nitro groups is 1. The number of carbonyl (C=O) groups is 2. The maximum Gasteiger partial charge on any atom is 0.328 e. The predicted octanol–water partition coefficient (Wildman–Crippen LogP) is 1.81. The van der Waals surface area contributed by atoms with Gasteiger partial charge in [-0.2, -0.15) is 0 Å². The second kappa shape index (κ2) is 5.02. The fraction of sp³-hybridized carbons (Fsp3) is 0.0909. The third-order valence-electron chi connectivity index (χ3n) is 2.13. The van der Waals surface area contributed by atoms with E-state index in [1.54, 1.807) is 6.92 Å². The fourth-order valence-corrected chi connectivity index (χ4v) is 1.39. The highest BCUT2D eigenvalue weighted by molar-refractivity contribution is 5.90. The minimum Gasteiger partial charge on any atom is -0.478 e. The average molecular weight is 235 g/mol. The molecule has 0 fully saturated rings. The summed E-state index contributed by atoms with van der Waals surface area (Å²) in [5.74, 6) is -1.15. The molecule has 0 bridgehead atoms. The van der Waals surface area contributed by atoms with Crippen molar-refractivity contribution in [1.82, 2.24) is 0 Å². The third-order valence-corrected chi connectivity index (χ3v) is 2.13. The van der Waals surface area contributed by atoms with Crippen LogP contribution < -0.4 is 0 Å². The van der Waals surface area contributed by atoms with Crippen molar-refractivity contribution in [3.8, 4) is 0 Å². The van der Waals surface area contributed by atoms with E-state index in [-0.39, 0.29) is 11.3 Å². The minimum atomic E-state index is -1.15. The minimum absolute atomic E-state index is 0.0919. The molecule has 88 valence electrons. The summed E-state index contributed by atoms with van der Waals surface area (Å²) in [5, 5.41) is 19.1. The summed E-state index contributed by atoms with van der Waals surface area (Å²) in [6, 6.07) is 2.40. The Hall–Kier alpha value is -2.50. The van der Waals surface area contributed by atoms with Gasteiger partial charge in [0.05, 0.1) is 4.92 Å². The first-order chi connectivity index (χ1) is 7.95. The monoisotopic (exact) mass is 235 g/mol. The van der Waals surface area contributed by atoms with Gasteiger partial charge in [0, 0.05) is 23.8 Å². The van der Waals surface area contributed by atoms with Gasteiger partial charge in [-0.3, -0.25) is 14.9 Å². The molecule has 6 nitrogen and oxygen atoms in total. The third kappa shape index (κ3) is 2.97. The van der Waals surface area contributed by atoms with Crippen molar-refractivity contribution in [1.29, 1.82) is 0 Å². The van der Waals surface area contributed by atoms with Crippen LogP contribution in [0, 0.1) is 17.0 Å². The van der Waals surface area contributed by atoms with Crippen molar-refractivity contribution >= 4 is 24.0 Å². The van der Waals surface area contributed by atoms with Crippen molar-refractivity contribution < 1.29 is 19.6 Å². The predicted molar refractivity (Wildman–Crippen MR) is 59.9 cm³/mol. The number of rotatable bonds is 4. The van der Waals surface area contributed by atoms with Crippen LogP contribution in [-0.4, -0.2) is 22.3 Å². The van der Waals surface area contributed by atoms with Crippen molar-refractivity contribution in [2.75, 3.05) is 0 Å². The molecule has 6 heteroatoms. The Bertz CT molecular complexity index is 519. The van der Waals surface area contributed by atoms with Crippen molar-refractivity contribution in [3.05, 3.63) is 45.0 Å². The van der Waals surface area contributed by atoms with E-state index in [1.165, 1.54) is 12.1 Å². The van der Waals surface area contributed by atoms with Crippen LogP contribution in [0.5, 0.6) is 0 Å². The maximum atomic E-state index is 10.8. The van der Waals surface area contributed by atoms with E-state index in [1.807, 2.05) is 0 Å². The molecule has 0 spiro atoms. The van der Waals surface area contributed by atoms with E-state index in [9.17, 15) is 19.7 Å². The summed E-state index contributed by atoms with van der Waals surface area (Å²) in [6.45, 7) is 1.57. The van der Waals surface area contributed by atoms with E-state index in [2.05, 4.69) is 0 Å². The first kappa shape index (κ1) is 12.6. The Morgan fingerprint density at radius 1 is 1.47 bits per heavy atom. The molecule has 0 saturated carbocycles. The topological polar surface area (TPSA) is 97.5 Å². The van der Waals surface area contributed by atoms with Crippen molar-refractivity contribution in [2.24, 2.45) is 0 Å². The van der Waals surface area contributed by atoms with Gasteiger partial charge in [-0.15, -0.1) is 0 Å². The number of aliphatic carboxylic acids is 1. The second-order valence-electron chi connectivity index (χ2n) is 3.31. The number of carboxylic acid groups (broad SMARTS) is 1. The highest BCUT2D eigenvalue weighted by Crippen LogP contribution is 2.22. The first-order valence-electron chi connectivity index (χ1n) is 4.61. The Morgan fingerprint density at radius 3 is 2.59 bits per heavy atom. The zero-order valence-corrected chi connectivity index (χ0v) is 8.91. The van der Waals surface area contributed by atoms with Crippen LogP contribution >= 0.6 is 0 Å². The quantitative estimate of drug-likeness (QED) is 0.371. The molecule has 1 N–H and O–H groups in total. The molecule has 0 amide bonds. The molecule has 0 aromatic heterocycles. The lowest BCUT2D eigenvalue weighted by molar-refractivity contribution is -0.384. The van der Waals surface area contributed by atoms with Crippen LogP contribution in [0.4, 0.5) is 5.69 Å². The highest BCUT2D eigenvalue weighted by atomic mass is 16.6. The van der Waals surface area contributed by atoms with E-state index in [4.69, 9.17) is 5.11 Å². The summed E-state index contributed by atoms with van der Waals surface area (Å²) in [5.41, 5.74) is 0.734. The van der Waals surface area contributed by atoms with Gasteiger partial charge in [-0.25, -0.2) is 4.79 Å². The first-order valence-corrected chi connectivity index (χ1v) is 4.61. The van der Waals surface area contributed by atoms with Crippen molar-refractivity contribution in [2.45, 2.75) is 6.92 Å². The van der Waals surface area contributed by atoms with Gasteiger partial charge in [0.1, 0.15) is 0 Å². The molecule has 0 aliphatic carbocycles. The molecule has 1 aromatic rings. The van der Waals surface area contributed by atoms with Gasteiger partial charge in [0.25, 0.3) is 5.69 Å². The number of aldehydes is 1. The van der Waals surface area contributed by atoms with E-state index < -0.39 is 10.9 Å². The number of benzene rings is 1. The lowest BCUT2D eigenvalue weighted by Gasteiger charge is -2.03. The van der Waals surface area contributed by atoms with Gasteiger partial charge >= 0.3 is 5.97 Å². The average Bonchev–Trinajstić information content (AvgIpc) is 2.25. The molecule has 0 aliphatic rings. The largest absolute Gasteiger partial charge is 0.478 e. The van der Waals surface area contributed by atoms with Gasteiger partial charge in [0.2, 0.25) is 0 Å². The lowest BCUT2D eigenvalue weighted by Crippen LogP contribution is -1.96. The number of carbonyl (C=O) groups excluding carboxylic acids is 1. The van der Waals surface area contributed by atoms with Gasteiger partial charge in [0.15, 0.2) is 6.29 Å². The molecule has 0 heterocycles. The number of nitrogens with zero attached hydrogens (tertiary/aromatic N) is 1. The van der Waals surface area contributed by atoms with Crippen molar-refractivity contribution in [3.63, 3.8) is 0 Å². The lowest BCUT2D eigenvalue weighted by atomic mass is 10.0. The molecule has 0 radical (unpaired) electrons. The van der Waals surface area contributed by atoms with E-state index in [0.29, 0.717) is 17.4 Å². The smallest absolute Gasteiger partial charge is 0.328 e. The normalized spacial score (nSPS) is 10.4. The zero-order valence-electron chi connectivity index (χ0n) is 8.91. The summed E-state index contributed by atoms with van der Waals surface area (Å²) in [4.78, 5) is 31.1. The van der Waals surface area contributed by atoms with Crippen LogP contribution in [0.25, 0.3) is 6.08 Å². The van der Waals surface area contributed by atoms with Gasteiger partial charge in [-0.05, 0) is 24.1 Å². The molecule has 0 saturated heterocycles. The number of aryl methyl sites for hydroxylation is 1. The Morgan fingerprint density at radius 2 is 2.12 bits per heavy atom. The summed E-state index contributed by atoms with van der Waals surface area (Å²) >= 11 is 0. The Kier molecular flexibility index (Phi) is 3.71. The standard InChI is InChI=1S/C11H9NO5/c1-7-4-9(12(16)17)5-8(6-13)10(7)2-3-11(14)15/h2-6H,1H3,(H,14,15)/b3-2+. The zero-order chi connectivity index (χ0) is 13.0.